The van der Waals surface area contributed by atoms with Crippen molar-refractivity contribution in [3.05, 3.63) is 54.1 Å². The summed E-state index contributed by atoms with van der Waals surface area (Å²) in [5, 5.41) is 2.77. The topological polar surface area (TPSA) is 86.8 Å². The van der Waals surface area contributed by atoms with Gasteiger partial charge in [0.2, 0.25) is 21.8 Å². The Hall–Kier alpha value is -2.87. The lowest BCUT2D eigenvalue weighted by atomic mass is 10.1. The van der Waals surface area contributed by atoms with E-state index in [1.54, 1.807) is 48.2 Å². The Morgan fingerprint density at radius 2 is 1.77 bits per heavy atom. The molecule has 30 heavy (non-hydrogen) atoms. The van der Waals surface area contributed by atoms with Gasteiger partial charge in [0.15, 0.2) is 0 Å². The lowest BCUT2D eigenvalue weighted by Gasteiger charge is -2.28. The van der Waals surface area contributed by atoms with Gasteiger partial charge in [-0.25, -0.2) is 8.42 Å². The summed E-state index contributed by atoms with van der Waals surface area (Å²) in [7, 11) is -3.67. The second-order valence-corrected chi connectivity index (χ2v) is 9.30. The Morgan fingerprint density at radius 3 is 2.27 bits per heavy atom. The maximum Gasteiger partial charge on any atom is 0.247 e. The molecule has 0 unspecified atom stereocenters. The molecule has 0 radical (unpaired) electrons. The number of sulfonamides is 1. The quantitative estimate of drug-likeness (QED) is 0.732. The summed E-state index contributed by atoms with van der Waals surface area (Å²) in [6.07, 6.45) is 3.33. The zero-order valence-electron chi connectivity index (χ0n) is 17.5. The Balaban J connectivity index is 1.75. The highest BCUT2D eigenvalue weighted by Crippen LogP contribution is 2.25. The molecule has 0 saturated carbocycles. The van der Waals surface area contributed by atoms with Crippen molar-refractivity contribution in [1.29, 1.82) is 0 Å². The molecule has 1 N–H and O–H groups in total. The van der Waals surface area contributed by atoms with E-state index in [1.165, 1.54) is 0 Å². The first-order chi connectivity index (χ1) is 14.2. The number of rotatable bonds is 7. The number of hydrogen-bond acceptors (Lipinski definition) is 4. The third-order valence-corrected chi connectivity index (χ3v) is 6.45. The Kier molecular flexibility index (Phi) is 6.45. The summed E-state index contributed by atoms with van der Waals surface area (Å²) in [4.78, 5) is 26.4. The fourth-order valence-electron chi connectivity index (χ4n) is 3.58. The van der Waals surface area contributed by atoms with Crippen LogP contribution in [0.3, 0.4) is 0 Å². The molecule has 0 aromatic heterocycles. The number of aryl methyl sites for hydroxylation is 1. The predicted molar refractivity (Wildman–Crippen MR) is 119 cm³/mol. The lowest BCUT2D eigenvalue weighted by molar-refractivity contribution is -0.117. The van der Waals surface area contributed by atoms with Gasteiger partial charge in [0.1, 0.15) is 6.04 Å². The molecule has 1 aliphatic rings. The highest BCUT2D eigenvalue weighted by atomic mass is 32.2. The van der Waals surface area contributed by atoms with Crippen LogP contribution in [-0.4, -0.2) is 39.1 Å². The number of carbonyl (C=O) groups is 2. The van der Waals surface area contributed by atoms with Gasteiger partial charge in [-0.3, -0.25) is 13.9 Å². The van der Waals surface area contributed by atoms with Crippen LogP contribution in [0.4, 0.5) is 17.1 Å². The van der Waals surface area contributed by atoms with Crippen LogP contribution >= 0.6 is 0 Å². The van der Waals surface area contributed by atoms with E-state index in [9.17, 15) is 18.0 Å². The number of nitrogens with one attached hydrogen (secondary N) is 1. The van der Waals surface area contributed by atoms with Crippen molar-refractivity contribution in [3.63, 3.8) is 0 Å². The summed E-state index contributed by atoms with van der Waals surface area (Å²) in [6.45, 7) is 4.27. The number of anilines is 3. The molecule has 1 saturated heterocycles. The molecule has 1 heterocycles. The van der Waals surface area contributed by atoms with Crippen molar-refractivity contribution in [2.45, 2.75) is 39.2 Å². The number of nitrogens with zero attached hydrogens (tertiary/aromatic N) is 2. The minimum Gasteiger partial charge on any atom is -0.324 e. The number of hydrogen-bond donors (Lipinski definition) is 1. The van der Waals surface area contributed by atoms with E-state index in [-0.39, 0.29) is 5.91 Å². The molecule has 1 aliphatic heterocycles. The standard InChI is InChI=1S/C22H27N3O4S/c1-4-17-7-11-20(12-8-17)25(30(3,28)29)16(2)22(27)23-18-9-13-19(14-10-18)24-15-5-6-21(24)26/h7-14,16H,4-6,15H2,1-3H3,(H,23,27)/t16-/m1/s1. The highest BCUT2D eigenvalue weighted by Gasteiger charge is 2.29. The molecule has 1 atom stereocenters. The molecular formula is C22H27N3O4S. The average molecular weight is 430 g/mol. The average Bonchev–Trinajstić information content (AvgIpc) is 3.14. The zero-order chi connectivity index (χ0) is 21.9. The summed E-state index contributed by atoms with van der Waals surface area (Å²) >= 11 is 0. The SMILES string of the molecule is CCc1ccc(N([C@H](C)C(=O)Nc2ccc(N3CCCC3=O)cc2)S(C)(=O)=O)cc1. The number of amides is 2. The minimum atomic E-state index is -3.67. The molecule has 2 aromatic rings. The van der Waals surface area contributed by atoms with Gasteiger partial charge in [0, 0.05) is 24.3 Å². The van der Waals surface area contributed by atoms with E-state index < -0.39 is 22.0 Å². The summed E-state index contributed by atoms with van der Waals surface area (Å²) < 4.78 is 26.0. The molecule has 0 spiro atoms. The van der Waals surface area contributed by atoms with Crippen molar-refractivity contribution < 1.29 is 18.0 Å². The fraction of sp³-hybridized carbons (Fsp3) is 0.364. The van der Waals surface area contributed by atoms with Crippen LogP contribution in [-0.2, 0) is 26.0 Å². The van der Waals surface area contributed by atoms with Crippen molar-refractivity contribution in [3.8, 4) is 0 Å². The van der Waals surface area contributed by atoms with Crippen molar-refractivity contribution >= 4 is 38.9 Å². The molecule has 2 amide bonds. The van der Waals surface area contributed by atoms with Crippen LogP contribution in [0.25, 0.3) is 0 Å². The molecule has 1 fully saturated rings. The largest absolute Gasteiger partial charge is 0.324 e. The van der Waals surface area contributed by atoms with E-state index in [2.05, 4.69) is 5.32 Å². The molecule has 0 bridgehead atoms. The molecule has 2 aromatic carbocycles. The monoisotopic (exact) mass is 429 g/mol. The number of benzene rings is 2. The van der Waals surface area contributed by atoms with Gasteiger partial charge < -0.3 is 10.2 Å². The predicted octanol–water partition coefficient (Wildman–Crippen LogP) is 3.17. The van der Waals surface area contributed by atoms with Gasteiger partial charge in [0.05, 0.1) is 11.9 Å². The number of carbonyl (C=O) groups excluding carboxylic acids is 2. The molecule has 8 heteroatoms. The first-order valence-corrected chi connectivity index (χ1v) is 11.8. The van der Waals surface area contributed by atoms with Gasteiger partial charge in [0.25, 0.3) is 0 Å². The summed E-state index contributed by atoms with van der Waals surface area (Å²) in [6, 6.07) is 13.2. The van der Waals surface area contributed by atoms with E-state index >= 15 is 0 Å². The lowest BCUT2D eigenvalue weighted by Crippen LogP contribution is -2.45. The second-order valence-electron chi connectivity index (χ2n) is 7.44. The van der Waals surface area contributed by atoms with Gasteiger partial charge in [-0.1, -0.05) is 19.1 Å². The minimum absolute atomic E-state index is 0.0956. The van der Waals surface area contributed by atoms with Crippen LogP contribution < -0.4 is 14.5 Å². The molecule has 7 nitrogen and oxygen atoms in total. The Morgan fingerprint density at radius 1 is 1.13 bits per heavy atom. The van der Waals surface area contributed by atoms with Gasteiger partial charge >= 0.3 is 0 Å². The summed E-state index contributed by atoms with van der Waals surface area (Å²) in [5.41, 5.74) is 2.86. The normalized spacial score (nSPS) is 15.2. The van der Waals surface area contributed by atoms with Crippen molar-refractivity contribution in [1.82, 2.24) is 0 Å². The third kappa shape index (κ3) is 4.81. The van der Waals surface area contributed by atoms with Crippen molar-refractivity contribution in [2.24, 2.45) is 0 Å². The molecule has 160 valence electrons. The van der Waals surface area contributed by atoms with Gasteiger partial charge in [-0.05, 0) is 61.7 Å². The van der Waals surface area contributed by atoms with Gasteiger partial charge in [-0.2, -0.15) is 0 Å². The summed E-state index contributed by atoms with van der Waals surface area (Å²) in [5.74, 6) is -0.344. The van der Waals surface area contributed by atoms with Crippen LogP contribution in [0.2, 0.25) is 0 Å². The highest BCUT2D eigenvalue weighted by molar-refractivity contribution is 7.92. The maximum atomic E-state index is 12.8. The first kappa shape index (κ1) is 21.8. The van der Waals surface area contributed by atoms with Crippen LogP contribution in [0, 0.1) is 0 Å². The molecular weight excluding hydrogens is 402 g/mol. The third-order valence-electron chi connectivity index (χ3n) is 5.21. The Labute approximate surface area is 177 Å². The van der Waals surface area contributed by atoms with E-state index in [0.717, 1.165) is 34.7 Å². The molecule has 0 aliphatic carbocycles. The smallest absolute Gasteiger partial charge is 0.247 e. The van der Waals surface area contributed by atoms with E-state index in [0.29, 0.717) is 24.3 Å². The van der Waals surface area contributed by atoms with E-state index in [4.69, 9.17) is 0 Å². The van der Waals surface area contributed by atoms with Gasteiger partial charge in [-0.15, -0.1) is 0 Å². The van der Waals surface area contributed by atoms with Crippen LogP contribution in [0.1, 0.15) is 32.3 Å². The first-order valence-electron chi connectivity index (χ1n) is 10.0. The second kappa shape index (κ2) is 8.87. The fourth-order valence-corrected chi connectivity index (χ4v) is 4.75. The van der Waals surface area contributed by atoms with Crippen LogP contribution in [0.5, 0.6) is 0 Å². The molecule has 3 rings (SSSR count). The van der Waals surface area contributed by atoms with Crippen molar-refractivity contribution in [2.75, 3.05) is 27.3 Å². The Bertz CT molecular complexity index is 1020. The zero-order valence-corrected chi connectivity index (χ0v) is 18.3. The van der Waals surface area contributed by atoms with E-state index in [1.807, 2.05) is 19.1 Å². The van der Waals surface area contributed by atoms with Crippen LogP contribution in [0.15, 0.2) is 48.5 Å². The maximum absolute atomic E-state index is 12.8.